The van der Waals surface area contributed by atoms with Gasteiger partial charge in [-0.2, -0.15) is 16.7 Å². The summed E-state index contributed by atoms with van der Waals surface area (Å²) in [5.41, 5.74) is 0.670. The molecule has 2 aromatic rings. The fourth-order valence-electron chi connectivity index (χ4n) is 2.54. The molecule has 23 heavy (non-hydrogen) atoms. The number of carbonyl (C=O) groups is 1. The lowest BCUT2D eigenvalue weighted by molar-refractivity contribution is -0.00620. The first-order valence-corrected chi connectivity index (χ1v) is 8.40. The van der Waals surface area contributed by atoms with E-state index in [-0.39, 0.29) is 0 Å². The molecular formula is C15H17N3O4S. The fraction of sp³-hybridized carbons (Fsp3) is 0.400. The highest BCUT2D eigenvalue weighted by Crippen LogP contribution is 2.32. The molecule has 0 unspecified atom stereocenters. The van der Waals surface area contributed by atoms with E-state index in [4.69, 9.17) is 14.4 Å². The van der Waals surface area contributed by atoms with Gasteiger partial charge in [-0.3, -0.25) is 0 Å². The molecule has 1 aliphatic heterocycles. The summed E-state index contributed by atoms with van der Waals surface area (Å²) in [5, 5.41) is 16.2. The van der Waals surface area contributed by atoms with Gasteiger partial charge < -0.3 is 19.7 Å². The van der Waals surface area contributed by atoms with E-state index in [0.717, 1.165) is 22.8 Å². The van der Waals surface area contributed by atoms with Crippen LogP contribution < -0.4 is 5.32 Å². The van der Waals surface area contributed by atoms with Crippen LogP contribution in [0.1, 0.15) is 18.7 Å². The Hall–Kier alpha value is -2.22. The maximum Gasteiger partial charge on any atom is 0.507 e. The van der Waals surface area contributed by atoms with Crippen LogP contribution in [0.3, 0.4) is 0 Å². The summed E-state index contributed by atoms with van der Waals surface area (Å²) < 4.78 is 10.2. The van der Waals surface area contributed by atoms with Crippen LogP contribution in [0.4, 0.5) is 10.5 Å². The van der Waals surface area contributed by atoms with Crippen LogP contribution in [0, 0.1) is 6.92 Å². The number of hydrogen-bond donors (Lipinski definition) is 2. The van der Waals surface area contributed by atoms with E-state index in [1.807, 2.05) is 24.3 Å². The molecule has 8 heteroatoms. The lowest BCUT2D eigenvalue weighted by Crippen LogP contribution is -2.45. The van der Waals surface area contributed by atoms with E-state index in [9.17, 15) is 4.79 Å². The van der Waals surface area contributed by atoms with Gasteiger partial charge in [0.15, 0.2) is 5.72 Å². The minimum Gasteiger partial charge on any atom is -0.450 e. The monoisotopic (exact) mass is 335 g/mol. The van der Waals surface area contributed by atoms with Crippen molar-refractivity contribution in [1.29, 1.82) is 0 Å². The Kier molecular flexibility index (Phi) is 4.42. The Morgan fingerprint density at radius 2 is 2.22 bits per heavy atom. The molecule has 2 N–H and O–H groups in total. The lowest BCUT2D eigenvalue weighted by Gasteiger charge is -2.36. The van der Waals surface area contributed by atoms with Gasteiger partial charge in [0.05, 0.1) is 0 Å². The van der Waals surface area contributed by atoms with Crippen molar-refractivity contribution in [2.45, 2.75) is 25.5 Å². The predicted octanol–water partition coefficient (Wildman–Crippen LogP) is 3.37. The van der Waals surface area contributed by atoms with Crippen LogP contribution in [0.25, 0.3) is 11.4 Å². The van der Waals surface area contributed by atoms with Crippen LogP contribution >= 0.6 is 11.8 Å². The second-order valence-corrected chi connectivity index (χ2v) is 6.54. The number of nitrogens with zero attached hydrogens (tertiary/aromatic N) is 2. The Balaban J connectivity index is 1.84. The average Bonchev–Trinajstić information content (AvgIpc) is 2.94. The lowest BCUT2D eigenvalue weighted by atomic mass is 10.1. The first kappa shape index (κ1) is 15.7. The van der Waals surface area contributed by atoms with Crippen molar-refractivity contribution in [3.8, 4) is 11.4 Å². The second kappa shape index (κ2) is 6.49. The van der Waals surface area contributed by atoms with E-state index in [1.54, 1.807) is 18.7 Å². The van der Waals surface area contributed by atoms with E-state index >= 15 is 0 Å². The van der Waals surface area contributed by atoms with Crippen molar-refractivity contribution < 1.29 is 19.2 Å². The number of hydrogen-bond acceptors (Lipinski definition) is 7. The molecule has 122 valence electrons. The van der Waals surface area contributed by atoms with Crippen LogP contribution in [-0.2, 0) is 4.74 Å². The molecule has 0 atom stereocenters. The van der Waals surface area contributed by atoms with E-state index in [2.05, 4.69) is 15.5 Å². The minimum absolute atomic E-state index is 0.494. The van der Waals surface area contributed by atoms with Gasteiger partial charge in [-0.15, -0.1) is 0 Å². The molecule has 0 spiro atoms. The number of thioether (sulfide) groups is 1. The number of ether oxygens (including phenoxy) is 1. The maximum absolute atomic E-state index is 11.1. The van der Waals surface area contributed by atoms with Crippen molar-refractivity contribution in [1.82, 2.24) is 10.1 Å². The van der Waals surface area contributed by atoms with Crippen LogP contribution in [0.15, 0.2) is 28.8 Å². The molecular weight excluding hydrogens is 318 g/mol. The van der Waals surface area contributed by atoms with Crippen molar-refractivity contribution in [3.05, 3.63) is 30.2 Å². The number of benzene rings is 1. The van der Waals surface area contributed by atoms with Crippen LogP contribution in [-0.4, -0.2) is 38.6 Å². The molecule has 1 aliphatic rings. The first-order chi connectivity index (χ1) is 11.1. The van der Waals surface area contributed by atoms with Crippen molar-refractivity contribution in [2.24, 2.45) is 0 Å². The van der Waals surface area contributed by atoms with Gasteiger partial charge in [0.1, 0.15) is 0 Å². The number of aromatic nitrogens is 2. The maximum atomic E-state index is 11.1. The third-order valence-electron chi connectivity index (χ3n) is 3.60. The van der Waals surface area contributed by atoms with Gasteiger partial charge in [0.25, 0.3) is 0 Å². The summed E-state index contributed by atoms with van der Waals surface area (Å²) in [7, 11) is 0. The van der Waals surface area contributed by atoms with Crippen molar-refractivity contribution in [3.63, 3.8) is 0 Å². The molecule has 7 nitrogen and oxygen atoms in total. The minimum atomic E-state index is -1.27. The third kappa shape index (κ3) is 3.76. The largest absolute Gasteiger partial charge is 0.507 e. The van der Waals surface area contributed by atoms with Crippen molar-refractivity contribution in [2.75, 3.05) is 16.8 Å². The molecule has 1 saturated heterocycles. The molecule has 0 radical (unpaired) electrons. The first-order valence-electron chi connectivity index (χ1n) is 7.25. The molecule has 0 bridgehead atoms. The molecule has 0 amide bonds. The van der Waals surface area contributed by atoms with Gasteiger partial charge in [0.2, 0.25) is 11.7 Å². The Bertz CT molecular complexity index is 698. The van der Waals surface area contributed by atoms with Gasteiger partial charge in [0, 0.05) is 31.0 Å². The summed E-state index contributed by atoms with van der Waals surface area (Å²) >= 11 is 1.79. The van der Waals surface area contributed by atoms with Gasteiger partial charge in [-0.05, 0) is 23.6 Å². The number of aryl methyl sites for hydroxylation is 1. The smallest absolute Gasteiger partial charge is 0.450 e. The molecule has 2 heterocycles. The van der Waals surface area contributed by atoms with Gasteiger partial charge in [-0.1, -0.05) is 17.3 Å². The number of carboxylic acid groups (broad SMARTS) is 1. The molecule has 1 aromatic carbocycles. The number of nitrogens with one attached hydrogen (secondary N) is 1. The topological polar surface area (TPSA) is 97.5 Å². The highest BCUT2D eigenvalue weighted by Gasteiger charge is 2.36. The standard InChI is InChI=1S/C15H17N3O4S/c1-10-16-13(18-22-10)11-3-2-4-12(9-11)17-15(21-14(19)20)5-7-23-8-6-15/h2-4,9,17H,5-8H2,1H3,(H,19,20). The average molecular weight is 335 g/mol. The Morgan fingerprint density at radius 3 is 2.87 bits per heavy atom. The summed E-state index contributed by atoms with van der Waals surface area (Å²) in [4.78, 5) is 15.3. The van der Waals surface area contributed by atoms with E-state index in [1.165, 1.54) is 0 Å². The Morgan fingerprint density at radius 1 is 1.43 bits per heavy atom. The Labute approximate surface area is 137 Å². The molecule has 1 aromatic heterocycles. The predicted molar refractivity (Wildman–Crippen MR) is 86.5 cm³/mol. The highest BCUT2D eigenvalue weighted by molar-refractivity contribution is 7.99. The van der Waals surface area contributed by atoms with Crippen LogP contribution in [0.5, 0.6) is 0 Å². The highest BCUT2D eigenvalue weighted by atomic mass is 32.2. The number of rotatable bonds is 4. The summed E-state index contributed by atoms with van der Waals surface area (Å²) in [6, 6.07) is 7.45. The molecule has 0 saturated carbocycles. The van der Waals surface area contributed by atoms with Crippen LogP contribution in [0.2, 0.25) is 0 Å². The second-order valence-electron chi connectivity index (χ2n) is 5.32. The zero-order valence-corrected chi connectivity index (χ0v) is 13.4. The molecule has 3 rings (SSSR count). The van der Waals surface area contributed by atoms with E-state index < -0.39 is 11.9 Å². The van der Waals surface area contributed by atoms with E-state index in [0.29, 0.717) is 24.6 Å². The summed E-state index contributed by atoms with van der Waals surface area (Å²) in [6.45, 7) is 1.73. The summed E-state index contributed by atoms with van der Waals surface area (Å²) in [6.07, 6.45) is -0.0280. The molecule has 0 aliphatic carbocycles. The number of anilines is 1. The quantitative estimate of drug-likeness (QED) is 0.648. The normalized spacial score (nSPS) is 16.7. The molecule has 1 fully saturated rings. The summed E-state index contributed by atoms with van der Waals surface area (Å²) in [5.74, 6) is 2.69. The van der Waals surface area contributed by atoms with Gasteiger partial charge >= 0.3 is 6.16 Å². The zero-order valence-electron chi connectivity index (χ0n) is 12.6. The zero-order chi connectivity index (χ0) is 16.3. The fourth-order valence-corrected chi connectivity index (χ4v) is 3.69. The SMILES string of the molecule is Cc1nc(-c2cccc(NC3(OC(=O)O)CCSCC3)c2)no1. The van der Waals surface area contributed by atoms with Crippen molar-refractivity contribution >= 4 is 23.6 Å². The third-order valence-corrected chi connectivity index (χ3v) is 4.59. The van der Waals surface area contributed by atoms with Gasteiger partial charge in [-0.25, -0.2) is 4.79 Å².